The molecule has 0 saturated heterocycles. The Morgan fingerprint density at radius 1 is 1.10 bits per heavy atom. The number of Topliss-reactive ketones (excluding diaryl/α,β-unsaturated/α-hetero) is 1. The monoisotopic (exact) mass is 428 g/mol. The van der Waals surface area contributed by atoms with E-state index in [9.17, 15) is 9.90 Å². The van der Waals surface area contributed by atoms with E-state index in [1.54, 1.807) is 14.0 Å². The first-order chi connectivity index (χ1) is 14.9. The van der Waals surface area contributed by atoms with Gasteiger partial charge in [-0.1, -0.05) is 6.92 Å². The second kappa shape index (κ2) is 6.83. The van der Waals surface area contributed by atoms with Gasteiger partial charge in [0.2, 0.25) is 0 Å². The number of nitrogens with zero attached hydrogens (tertiary/aromatic N) is 4. The van der Waals surface area contributed by atoms with Crippen LogP contribution in [0.2, 0.25) is 0 Å². The average molecular weight is 429 g/mol. The SMILES string of the molecule is COC1C2[C@@H]3CC[C@@H]4[C@H](CC[C@]5(C)[C@@H](C(=O)Cn6nnc(C)n6)CC[C@@H]45)[C@H]3CC[C@]12O. The molecule has 0 bridgehead atoms. The number of hydrogen-bond donors (Lipinski definition) is 1. The van der Waals surface area contributed by atoms with E-state index in [2.05, 4.69) is 22.3 Å². The molecule has 170 valence electrons. The second-order valence-electron chi connectivity index (χ2n) is 11.6. The largest absolute Gasteiger partial charge is 0.387 e. The van der Waals surface area contributed by atoms with Crippen LogP contribution in [-0.2, 0) is 16.1 Å². The lowest BCUT2D eigenvalue weighted by Crippen LogP contribution is -2.50. The summed E-state index contributed by atoms with van der Waals surface area (Å²) in [7, 11) is 1.76. The van der Waals surface area contributed by atoms with E-state index in [-0.39, 0.29) is 29.8 Å². The van der Waals surface area contributed by atoms with Crippen molar-refractivity contribution in [2.24, 2.45) is 46.8 Å². The highest BCUT2D eigenvalue weighted by Crippen LogP contribution is 2.69. The van der Waals surface area contributed by atoms with Gasteiger partial charge in [-0.05, 0) is 98.5 Å². The topological polar surface area (TPSA) is 90.1 Å². The third-order valence-electron chi connectivity index (χ3n) is 10.5. The number of carbonyl (C=O) groups excluding carboxylic acids is 1. The van der Waals surface area contributed by atoms with Crippen molar-refractivity contribution < 1.29 is 14.6 Å². The molecule has 0 amide bonds. The van der Waals surface area contributed by atoms with Crippen molar-refractivity contribution in [3.63, 3.8) is 0 Å². The third-order valence-corrected chi connectivity index (χ3v) is 10.5. The quantitative estimate of drug-likeness (QED) is 0.793. The predicted octanol–water partition coefficient (Wildman–Crippen LogP) is 2.81. The first kappa shape index (κ1) is 20.3. The van der Waals surface area contributed by atoms with E-state index in [0.717, 1.165) is 43.4 Å². The van der Waals surface area contributed by atoms with Gasteiger partial charge in [-0.2, -0.15) is 4.80 Å². The molecule has 5 fully saturated rings. The minimum Gasteiger partial charge on any atom is -0.387 e. The zero-order valence-corrected chi connectivity index (χ0v) is 19.0. The van der Waals surface area contributed by atoms with Crippen LogP contribution in [0.15, 0.2) is 0 Å². The molecule has 5 aliphatic carbocycles. The summed E-state index contributed by atoms with van der Waals surface area (Å²) in [6.07, 6.45) is 9.22. The van der Waals surface area contributed by atoms with Crippen molar-refractivity contribution >= 4 is 5.78 Å². The first-order valence-electron chi connectivity index (χ1n) is 12.4. The molecule has 0 radical (unpaired) electrons. The smallest absolute Gasteiger partial charge is 0.171 e. The summed E-state index contributed by atoms with van der Waals surface area (Å²) in [6, 6.07) is 0. The fourth-order valence-corrected chi connectivity index (χ4v) is 9.30. The zero-order valence-electron chi connectivity index (χ0n) is 19.0. The average Bonchev–Trinajstić information content (AvgIpc) is 2.97. The molecule has 7 nitrogen and oxygen atoms in total. The number of methoxy groups -OCH3 is 1. The molecule has 0 aromatic carbocycles. The van der Waals surface area contributed by atoms with E-state index >= 15 is 0 Å². The van der Waals surface area contributed by atoms with Gasteiger partial charge in [0.1, 0.15) is 6.54 Å². The van der Waals surface area contributed by atoms with Crippen LogP contribution >= 0.6 is 0 Å². The fraction of sp³-hybridized carbons (Fsp3) is 0.917. The van der Waals surface area contributed by atoms with Gasteiger partial charge in [0.05, 0.1) is 11.7 Å². The zero-order chi connectivity index (χ0) is 21.5. The molecule has 1 heterocycles. The molecular weight excluding hydrogens is 392 g/mol. The summed E-state index contributed by atoms with van der Waals surface area (Å²) in [5.74, 6) is 4.95. The van der Waals surface area contributed by atoms with Gasteiger partial charge in [0, 0.05) is 18.9 Å². The molecule has 2 unspecified atom stereocenters. The van der Waals surface area contributed by atoms with Crippen molar-refractivity contribution in [3.8, 4) is 0 Å². The van der Waals surface area contributed by atoms with Crippen molar-refractivity contribution in [2.45, 2.75) is 83.5 Å². The highest BCUT2D eigenvalue weighted by atomic mass is 16.5. The van der Waals surface area contributed by atoms with Crippen LogP contribution in [0.5, 0.6) is 0 Å². The standard InChI is InChI=1S/C24H36N4O3/c1-13-25-27-28(26-13)12-20(29)19-7-6-18-16-4-5-17-15(14(16)8-10-23(18,19)2)9-11-24(30)21(17)22(24)31-3/h14-19,21-22,30H,4-12H2,1-3H3/t14-,15-,16-,17-,18+,19-,21?,22?,23+,24-/m1/s1. The molecule has 6 rings (SSSR count). The molecule has 0 aliphatic heterocycles. The molecule has 31 heavy (non-hydrogen) atoms. The molecule has 7 heteroatoms. The van der Waals surface area contributed by atoms with Crippen molar-refractivity contribution in [1.82, 2.24) is 20.2 Å². The third kappa shape index (κ3) is 2.78. The lowest BCUT2D eigenvalue weighted by Gasteiger charge is -2.55. The molecule has 1 aromatic rings. The van der Waals surface area contributed by atoms with Crippen LogP contribution in [-0.4, -0.2) is 49.9 Å². The highest BCUT2D eigenvalue weighted by molar-refractivity contribution is 5.81. The van der Waals surface area contributed by atoms with Crippen LogP contribution in [0, 0.1) is 53.8 Å². The minimum atomic E-state index is -0.537. The summed E-state index contributed by atoms with van der Waals surface area (Å²) in [5.41, 5.74) is -0.421. The number of aliphatic hydroxyl groups is 1. The van der Waals surface area contributed by atoms with Crippen molar-refractivity contribution in [1.29, 1.82) is 0 Å². The second-order valence-corrected chi connectivity index (χ2v) is 11.6. The summed E-state index contributed by atoms with van der Waals surface area (Å²) in [6.45, 7) is 4.46. The van der Waals surface area contributed by atoms with Gasteiger partial charge in [0.15, 0.2) is 11.6 Å². The molecule has 5 saturated carbocycles. The van der Waals surface area contributed by atoms with Gasteiger partial charge in [-0.25, -0.2) is 0 Å². The van der Waals surface area contributed by atoms with E-state index in [0.29, 0.717) is 23.6 Å². The number of carbonyl (C=O) groups is 1. The van der Waals surface area contributed by atoms with Gasteiger partial charge in [0.25, 0.3) is 0 Å². The number of tetrazole rings is 1. The Morgan fingerprint density at radius 2 is 1.84 bits per heavy atom. The summed E-state index contributed by atoms with van der Waals surface area (Å²) < 4.78 is 5.67. The normalized spacial score (nSPS) is 50.2. The van der Waals surface area contributed by atoms with Gasteiger partial charge >= 0.3 is 0 Å². The Bertz CT molecular complexity index is 888. The minimum absolute atomic E-state index is 0.0652. The molecule has 0 spiro atoms. The summed E-state index contributed by atoms with van der Waals surface area (Å²) in [4.78, 5) is 14.7. The molecule has 5 aliphatic rings. The van der Waals surface area contributed by atoms with Crippen molar-refractivity contribution in [3.05, 3.63) is 5.82 Å². The molecule has 10 atom stereocenters. The van der Waals surface area contributed by atoms with E-state index < -0.39 is 5.60 Å². The Labute approximate surface area is 184 Å². The number of aromatic nitrogens is 4. The lowest BCUT2D eigenvalue weighted by atomic mass is 9.49. The van der Waals surface area contributed by atoms with Crippen LogP contribution < -0.4 is 0 Å². The van der Waals surface area contributed by atoms with E-state index in [1.807, 2.05) is 0 Å². The van der Waals surface area contributed by atoms with E-state index in [4.69, 9.17) is 4.74 Å². The fourth-order valence-electron chi connectivity index (χ4n) is 9.30. The Morgan fingerprint density at radius 3 is 2.58 bits per heavy atom. The van der Waals surface area contributed by atoms with Crippen LogP contribution in [0.3, 0.4) is 0 Å². The van der Waals surface area contributed by atoms with Gasteiger partial charge < -0.3 is 9.84 Å². The molecule has 1 aromatic heterocycles. The maximum absolute atomic E-state index is 13.3. The van der Waals surface area contributed by atoms with Crippen LogP contribution in [0.4, 0.5) is 0 Å². The lowest BCUT2D eigenvalue weighted by molar-refractivity contribution is -0.132. The first-order valence-corrected chi connectivity index (χ1v) is 12.4. The maximum atomic E-state index is 13.3. The maximum Gasteiger partial charge on any atom is 0.171 e. The van der Waals surface area contributed by atoms with Crippen LogP contribution in [0.1, 0.15) is 64.1 Å². The summed E-state index contributed by atoms with van der Waals surface area (Å²) in [5, 5.41) is 23.1. The van der Waals surface area contributed by atoms with Crippen LogP contribution in [0.25, 0.3) is 0 Å². The number of aryl methyl sites for hydroxylation is 1. The number of fused-ring (bicyclic) bond motifs is 7. The highest BCUT2D eigenvalue weighted by Gasteiger charge is 2.72. The number of ketones is 1. The number of hydrogen-bond acceptors (Lipinski definition) is 6. The van der Waals surface area contributed by atoms with E-state index in [1.165, 1.54) is 30.5 Å². The summed E-state index contributed by atoms with van der Waals surface area (Å²) >= 11 is 0. The molecule has 1 N–H and O–H groups in total. The van der Waals surface area contributed by atoms with Gasteiger partial charge in [-0.15, -0.1) is 10.2 Å². The molecular formula is C24H36N4O3. The predicted molar refractivity (Wildman–Crippen MR) is 113 cm³/mol. The number of rotatable bonds is 4. The Balaban J connectivity index is 1.19. The Hall–Kier alpha value is -1.34. The van der Waals surface area contributed by atoms with Gasteiger partial charge in [-0.3, -0.25) is 4.79 Å². The van der Waals surface area contributed by atoms with Crippen molar-refractivity contribution in [2.75, 3.05) is 7.11 Å². The Kier molecular flexibility index (Phi) is 4.47. The number of ether oxygens (including phenoxy) is 1.